The highest BCUT2D eigenvalue weighted by Crippen LogP contribution is 2.21. The van der Waals surface area contributed by atoms with Gasteiger partial charge in [-0.15, -0.1) is 0 Å². The van der Waals surface area contributed by atoms with Crippen LogP contribution in [0.5, 0.6) is 0 Å². The second kappa shape index (κ2) is 4.49. The first-order chi connectivity index (χ1) is 8.68. The third-order valence-corrected chi connectivity index (χ3v) is 3.98. The molecule has 0 unspecified atom stereocenters. The molecule has 0 aliphatic rings. The number of rotatable bonds is 2. The molecule has 0 saturated heterocycles. The minimum atomic E-state index is -3.20. The van der Waals surface area contributed by atoms with Gasteiger partial charge in [0, 0.05) is 17.9 Å². The average Bonchev–Trinajstić information content (AvgIpc) is 2.77. The number of aromatic nitrogens is 2. The van der Waals surface area contributed by atoms with E-state index in [0.717, 1.165) is 11.4 Å². The Hall–Kier alpha value is -1.62. The summed E-state index contributed by atoms with van der Waals surface area (Å²) in [5.74, 6) is 0. The van der Waals surface area contributed by atoms with Crippen LogP contribution in [-0.4, -0.2) is 24.5 Å². The molecule has 0 aliphatic heterocycles. The van der Waals surface area contributed by atoms with Crippen molar-refractivity contribution < 1.29 is 8.42 Å². The van der Waals surface area contributed by atoms with Crippen LogP contribution in [0.2, 0.25) is 0 Å². The van der Waals surface area contributed by atoms with Crippen molar-refractivity contribution in [3.8, 4) is 5.69 Å². The third kappa shape index (κ3) is 3.04. The molecule has 0 atom stereocenters. The van der Waals surface area contributed by atoms with Gasteiger partial charge in [-0.05, 0) is 24.3 Å². The number of sulfone groups is 1. The summed E-state index contributed by atoms with van der Waals surface area (Å²) < 4.78 is 24.8. The first-order valence-electron chi connectivity index (χ1n) is 6.04. The van der Waals surface area contributed by atoms with Crippen LogP contribution in [0.15, 0.2) is 41.4 Å². The Morgan fingerprint density at radius 1 is 1.16 bits per heavy atom. The zero-order valence-electron chi connectivity index (χ0n) is 11.6. The first kappa shape index (κ1) is 13.8. The molecule has 0 saturated carbocycles. The summed E-state index contributed by atoms with van der Waals surface area (Å²) in [4.78, 5) is 0.304. The maximum atomic E-state index is 11.6. The third-order valence-electron chi connectivity index (χ3n) is 2.87. The quantitative estimate of drug-likeness (QED) is 0.848. The largest absolute Gasteiger partial charge is 0.241 e. The lowest BCUT2D eigenvalue weighted by atomic mass is 9.93. The Morgan fingerprint density at radius 3 is 2.37 bits per heavy atom. The van der Waals surface area contributed by atoms with E-state index < -0.39 is 9.84 Å². The summed E-state index contributed by atoms with van der Waals surface area (Å²) in [6.45, 7) is 6.27. The topological polar surface area (TPSA) is 52.0 Å². The van der Waals surface area contributed by atoms with E-state index >= 15 is 0 Å². The Balaban J connectivity index is 2.46. The summed E-state index contributed by atoms with van der Waals surface area (Å²) in [5.41, 5.74) is 1.69. The van der Waals surface area contributed by atoms with Gasteiger partial charge in [0.05, 0.1) is 16.3 Å². The summed E-state index contributed by atoms with van der Waals surface area (Å²) >= 11 is 0. The van der Waals surface area contributed by atoms with E-state index in [0.29, 0.717) is 4.90 Å². The summed E-state index contributed by atoms with van der Waals surface area (Å²) in [6, 6.07) is 8.74. The Labute approximate surface area is 114 Å². The van der Waals surface area contributed by atoms with Crippen molar-refractivity contribution in [2.24, 2.45) is 0 Å². The summed E-state index contributed by atoms with van der Waals surface area (Å²) in [7, 11) is -3.20. The van der Waals surface area contributed by atoms with E-state index in [1.54, 1.807) is 22.9 Å². The van der Waals surface area contributed by atoms with Crippen LogP contribution in [0.3, 0.4) is 0 Å². The van der Waals surface area contributed by atoms with Crippen LogP contribution >= 0.6 is 0 Å². The van der Waals surface area contributed by atoms with Crippen LogP contribution in [-0.2, 0) is 15.3 Å². The molecule has 0 spiro atoms. The van der Waals surface area contributed by atoms with E-state index in [2.05, 4.69) is 25.9 Å². The second-order valence-electron chi connectivity index (χ2n) is 5.67. The minimum absolute atomic E-state index is 0.0281. The molecule has 102 valence electrons. The van der Waals surface area contributed by atoms with Gasteiger partial charge in [0.2, 0.25) is 0 Å². The zero-order valence-corrected chi connectivity index (χ0v) is 12.4. The molecule has 0 N–H and O–H groups in total. The first-order valence-corrected chi connectivity index (χ1v) is 7.94. The van der Waals surface area contributed by atoms with Crippen molar-refractivity contribution in [2.45, 2.75) is 31.1 Å². The summed E-state index contributed by atoms with van der Waals surface area (Å²) in [6.07, 6.45) is 3.05. The number of nitrogens with zero attached hydrogens (tertiary/aromatic N) is 2. The Bertz CT molecular complexity index is 694. The zero-order chi connectivity index (χ0) is 14.3. The normalized spacial score (nSPS) is 12.6. The fourth-order valence-corrected chi connectivity index (χ4v) is 2.38. The highest BCUT2D eigenvalue weighted by atomic mass is 32.2. The second-order valence-corrected chi connectivity index (χ2v) is 7.68. The van der Waals surface area contributed by atoms with Crippen LogP contribution in [0.25, 0.3) is 5.69 Å². The van der Waals surface area contributed by atoms with E-state index in [1.165, 1.54) is 6.26 Å². The van der Waals surface area contributed by atoms with Gasteiger partial charge in [-0.3, -0.25) is 0 Å². The van der Waals surface area contributed by atoms with Crippen LogP contribution in [0.4, 0.5) is 0 Å². The van der Waals surface area contributed by atoms with Crippen molar-refractivity contribution in [1.82, 2.24) is 9.78 Å². The van der Waals surface area contributed by atoms with Gasteiger partial charge in [-0.25, -0.2) is 13.1 Å². The van der Waals surface area contributed by atoms with Gasteiger partial charge < -0.3 is 0 Å². The van der Waals surface area contributed by atoms with Gasteiger partial charge in [0.25, 0.3) is 0 Å². The average molecular weight is 278 g/mol. The van der Waals surface area contributed by atoms with Gasteiger partial charge in [0.15, 0.2) is 9.84 Å². The molecule has 4 nitrogen and oxygen atoms in total. The predicted octanol–water partition coefficient (Wildman–Crippen LogP) is 2.57. The highest BCUT2D eigenvalue weighted by molar-refractivity contribution is 7.90. The lowest BCUT2D eigenvalue weighted by Crippen LogP contribution is -2.12. The van der Waals surface area contributed by atoms with Gasteiger partial charge in [-0.1, -0.05) is 26.8 Å². The molecule has 19 heavy (non-hydrogen) atoms. The molecule has 0 bridgehead atoms. The summed E-state index contributed by atoms with van der Waals surface area (Å²) in [5, 5.41) is 4.50. The standard InChI is InChI=1S/C14H18N2O2S/c1-14(2,3)13-8-9-16(15-13)11-6-5-7-12(10-11)19(4,17)18/h5-10H,1-4H3. The molecule has 5 heteroatoms. The highest BCUT2D eigenvalue weighted by Gasteiger charge is 2.17. The molecule has 0 aliphatic carbocycles. The van der Waals surface area contributed by atoms with Crippen LogP contribution in [0.1, 0.15) is 26.5 Å². The van der Waals surface area contributed by atoms with Crippen LogP contribution in [0, 0.1) is 0 Å². The van der Waals surface area contributed by atoms with E-state index in [1.807, 2.05) is 18.3 Å². The predicted molar refractivity (Wildman–Crippen MR) is 75.4 cm³/mol. The number of hydrogen-bond donors (Lipinski definition) is 0. The van der Waals surface area contributed by atoms with Crippen molar-refractivity contribution in [2.75, 3.05) is 6.26 Å². The molecule has 0 fully saturated rings. The van der Waals surface area contributed by atoms with Gasteiger partial charge in [0.1, 0.15) is 0 Å². The lowest BCUT2D eigenvalue weighted by Gasteiger charge is -2.14. The van der Waals surface area contributed by atoms with E-state index in [-0.39, 0.29) is 5.41 Å². The fourth-order valence-electron chi connectivity index (χ4n) is 1.72. The van der Waals surface area contributed by atoms with Crippen molar-refractivity contribution in [3.05, 3.63) is 42.2 Å². The van der Waals surface area contributed by atoms with E-state index in [9.17, 15) is 8.42 Å². The van der Waals surface area contributed by atoms with Crippen molar-refractivity contribution in [3.63, 3.8) is 0 Å². The fraction of sp³-hybridized carbons (Fsp3) is 0.357. The molecule has 0 amide bonds. The van der Waals surface area contributed by atoms with Gasteiger partial charge >= 0.3 is 0 Å². The maximum Gasteiger partial charge on any atom is 0.175 e. The number of hydrogen-bond acceptors (Lipinski definition) is 3. The minimum Gasteiger partial charge on any atom is -0.241 e. The van der Waals surface area contributed by atoms with Crippen molar-refractivity contribution >= 4 is 9.84 Å². The van der Waals surface area contributed by atoms with Crippen LogP contribution < -0.4 is 0 Å². The van der Waals surface area contributed by atoms with Crippen molar-refractivity contribution in [1.29, 1.82) is 0 Å². The molecular weight excluding hydrogens is 260 g/mol. The molecule has 1 aromatic heterocycles. The Morgan fingerprint density at radius 2 is 1.84 bits per heavy atom. The van der Waals surface area contributed by atoms with Gasteiger partial charge in [-0.2, -0.15) is 5.10 Å². The van der Waals surface area contributed by atoms with E-state index in [4.69, 9.17) is 0 Å². The smallest absolute Gasteiger partial charge is 0.175 e. The monoisotopic (exact) mass is 278 g/mol. The molecule has 0 radical (unpaired) electrons. The maximum absolute atomic E-state index is 11.6. The molecule has 2 aromatic rings. The molecular formula is C14H18N2O2S. The molecule has 2 rings (SSSR count). The number of benzene rings is 1. The lowest BCUT2D eigenvalue weighted by molar-refractivity contribution is 0.560. The Kier molecular flexibility index (Phi) is 3.26. The molecule has 1 aromatic carbocycles. The SMILES string of the molecule is CC(C)(C)c1ccn(-c2cccc(S(C)(=O)=O)c2)n1. The molecule has 1 heterocycles.